The molecule has 0 amide bonds. The summed E-state index contributed by atoms with van der Waals surface area (Å²) in [5.74, 6) is -4.59. The largest absolute Gasteiger partial charge is 0.429 e. The third-order valence-electron chi connectivity index (χ3n) is 5.92. The molecule has 3 rings (SSSR count). The molecule has 33 heavy (non-hydrogen) atoms. The van der Waals surface area contributed by atoms with Crippen molar-refractivity contribution in [1.29, 1.82) is 5.26 Å². The maximum Gasteiger partial charge on any atom is 0.426 e. The third kappa shape index (κ3) is 5.70. The van der Waals surface area contributed by atoms with Gasteiger partial charge in [0.15, 0.2) is 0 Å². The van der Waals surface area contributed by atoms with Crippen LogP contribution in [0.25, 0.3) is 0 Å². The molecule has 176 valence electrons. The van der Waals surface area contributed by atoms with E-state index in [1.54, 1.807) is 6.08 Å². The van der Waals surface area contributed by atoms with Crippen molar-refractivity contribution in [2.24, 2.45) is 5.92 Å². The summed E-state index contributed by atoms with van der Waals surface area (Å²) in [5.41, 5.74) is -1.30. The number of ether oxygens (including phenoxy) is 1. The summed E-state index contributed by atoms with van der Waals surface area (Å²) in [6, 6.07) is 6.64. The molecule has 2 aromatic carbocycles. The number of nitrogens with zero attached hydrogens (tertiary/aromatic N) is 1. The monoisotopic (exact) mass is 467 g/mol. The first-order valence-corrected chi connectivity index (χ1v) is 10.6. The number of hydrogen-bond donors (Lipinski definition) is 0. The third-order valence-corrected chi connectivity index (χ3v) is 5.92. The molecule has 0 aromatic heterocycles. The molecule has 0 N–H and O–H groups in total. The SMILES string of the molecule is C=CCCCC1CC(F)C(c2ccc(C(F)(F)Oc3cc(F)c(C#N)c(F)c3)cc2)C(F)C1. The molecule has 1 aliphatic carbocycles. The number of hydrogen-bond acceptors (Lipinski definition) is 2. The first-order chi connectivity index (χ1) is 15.7. The highest BCUT2D eigenvalue weighted by atomic mass is 19.3. The lowest BCUT2D eigenvalue weighted by Crippen LogP contribution is -2.34. The summed E-state index contributed by atoms with van der Waals surface area (Å²) in [7, 11) is 0. The van der Waals surface area contributed by atoms with Crippen molar-refractivity contribution >= 4 is 0 Å². The van der Waals surface area contributed by atoms with Gasteiger partial charge in [0.05, 0.1) is 5.56 Å². The zero-order chi connectivity index (χ0) is 24.2. The van der Waals surface area contributed by atoms with Crippen LogP contribution in [-0.4, -0.2) is 12.3 Å². The van der Waals surface area contributed by atoms with Crippen molar-refractivity contribution in [3.63, 3.8) is 0 Å². The first-order valence-electron chi connectivity index (χ1n) is 10.6. The molecule has 2 nitrogen and oxygen atoms in total. The van der Waals surface area contributed by atoms with Gasteiger partial charge in [0.1, 0.15) is 41.4 Å². The summed E-state index contributed by atoms with van der Waals surface area (Å²) in [6.45, 7) is 3.63. The van der Waals surface area contributed by atoms with Crippen LogP contribution in [0.3, 0.4) is 0 Å². The van der Waals surface area contributed by atoms with Crippen LogP contribution in [0.2, 0.25) is 0 Å². The fourth-order valence-corrected chi connectivity index (χ4v) is 4.28. The van der Waals surface area contributed by atoms with E-state index in [1.807, 2.05) is 0 Å². The average molecular weight is 467 g/mol. The van der Waals surface area contributed by atoms with Crippen molar-refractivity contribution < 1.29 is 31.1 Å². The molecular formula is C25H23F6NO. The Bertz CT molecular complexity index is 982. The minimum absolute atomic E-state index is 0.0728. The van der Waals surface area contributed by atoms with Crippen LogP contribution in [-0.2, 0) is 6.11 Å². The van der Waals surface area contributed by atoms with Gasteiger partial charge in [-0.25, -0.2) is 17.6 Å². The van der Waals surface area contributed by atoms with E-state index in [0.29, 0.717) is 18.6 Å². The van der Waals surface area contributed by atoms with Crippen molar-refractivity contribution in [1.82, 2.24) is 0 Å². The average Bonchev–Trinajstić information content (AvgIpc) is 2.73. The lowest BCUT2D eigenvalue weighted by atomic mass is 9.74. The van der Waals surface area contributed by atoms with Crippen molar-refractivity contribution in [3.8, 4) is 11.8 Å². The predicted octanol–water partition coefficient (Wildman–Crippen LogP) is 7.49. The Hall–Kier alpha value is -2.95. The summed E-state index contributed by atoms with van der Waals surface area (Å²) < 4.78 is 90.4. The minimum Gasteiger partial charge on any atom is -0.429 e. The van der Waals surface area contributed by atoms with Gasteiger partial charge < -0.3 is 4.74 Å². The highest BCUT2D eigenvalue weighted by Gasteiger charge is 2.40. The van der Waals surface area contributed by atoms with Crippen LogP contribution in [0, 0.1) is 28.9 Å². The lowest BCUT2D eigenvalue weighted by molar-refractivity contribution is -0.185. The highest BCUT2D eigenvalue weighted by Crippen LogP contribution is 2.42. The summed E-state index contributed by atoms with van der Waals surface area (Å²) in [6.07, 6.45) is -2.36. The van der Waals surface area contributed by atoms with Crippen molar-refractivity contribution in [2.75, 3.05) is 0 Å². The molecule has 1 aliphatic rings. The smallest absolute Gasteiger partial charge is 0.426 e. The quantitative estimate of drug-likeness (QED) is 0.229. The second-order valence-electron chi connectivity index (χ2n) is 8.23. The molecule has 0 saturated heterocycles. The number of nitriles is 1. The van der Waals surface area contributed by atoms with Crippen LogP contribution >= 0.6 is 0 Å². The van der Waals surface area contributed by atoms with Gasteiger partial charge in [-0.3, -0.25) is 0 Å². The standard InChI is InChI=1S/C25H23F6NO/c1-2-3-4-5-15-10-22(28)24(23(29)11-15)16-6-8-17(9-7-16)25(30,31)33-18-12-20(26)19(14-32)21(27)13-18/h2,6-9,12-13,15,22-24H,1,3-5,10-11H2. The molecule has 0 heterocycles. The predicted molar refractivity (Wildman–Crippen MR) is 111 cm³/mol. The first kappa shape index (κ1) is 24.7. The fourth-order valence-electron chi connectivity index (χ4n) is 4.28. The molecule has 0 radical (unpaired) electrons. The van der Waals surface area contributed by atoms with Gasteiger partial charge in [0.2, 0.25) is 0 Å². The van der Waals surface area contributed by atoms with Gasteiger partial charge in [0.25, 0.3) is 0 Å². The van der Waals surface area contributed by atoms with Gasteiger partial charge >= 0.3 is 6.11 Å². The second-order valence-corrected chi connectivity index (χ2v) is 8.23. The summed E-state index contributed by atoms with van der Waals surface area (Å²) >= 11 is 0. The molecule has 0 aliphatic heterocycles. The maximum atomic E-state index is 14.8. The number of alkyl halides is 4. The highest BCUT2D eigenvalue weighted by molar-refractivity contribution is 5.38. The van der Waals surface area contributed by atoms with E-state index in [-0.39, 0.29) is 24.3 Å². The second kappa shape index (κ2) is 10.3. The minimum atomic E-state index is -3.97. The Labute approximate surface area is 188 Å². The van der Waals surface area contributed by atoms with E-state index in [2.05, 4.69) is 11.3 Å². The van der Waals surface area contributed by atoms with Crippen LogP contribution in [0.1, 0.15) is 54.7 Å². The molecule has 2 atom stereocenters. The molecule has 2 unspecified atom stereocenters. The Morgan fingerprint density at radius 2 is 1.64 bits per heavy atom. The van der Waals surface area contributed by atoms with Crippen molar-refractivity contribution in [3.05, 3.63) is 77.4 Å². The molecule has 8 heteroatoms. The Balaban J connectivity index is 1.71. The van der Waals surface area contributed by atoms with E-state index < -0.39 is 52.9 Å². The van der Waals surface area contributed by atoms with E-state index in [0.717, 1.165) is 25.0 Å². The zero-order valence-corrected chi connectivity index (χ0v) is 17.7. The molecule has 2 aromatic rings. The Morgan fingerprint density at radius 1 is 1.06 bits per heavy atom. The van der Waals surface area contributed by atoms with Gasteiger partial charge in [-0.15, -0.1) is 6.58 Å². The van der Waals surface area contributed by atoms with Gasteiger partial charge in [0, 0.05) is 18.1 Å². The number of rotatable bonds is 8. The van der Waals surface area contributed by atoms with E-state index in [1.165, 1.54) is 18.2 Å². The number of halogens is 6. The number of allylic oxidation sites excluding steroid dienone is 1. The zero-order valence-electron chi connectivity index (χ0n) is 17.7. The van der Waals surface area contributed by atoms with Crippen molar-refractivity contribution in [2.45, 2.75) is 56.5 Å². The summed E-state index contributed by atoms with van der Waals surface area (Å²) in [5, 5.41) is 8.66. The van der Waals surface area contributed by atoms with Crippen LogP contribution in [0.15, 0.2) is 49.1 Å². The molecule has 0 bridgehead atoms. The topological polar surface area (TPSA) is 33.0 Å². The lowest BCUT2D eigenvalue weighted by Gasteiger charge is -2.35. The number of unbranched alkanes of at least 4 members (excludes halogenated alkanes) is 1. The molecule has 0 spiro atoms. The normalized spacial score (nSPS) is 23.1. The van der Waals surface area contributed by atoms with Gasteiger partial charge in [-0.2, -0.15) is 14.0 Å². The van der Waals surface area contributed by atoms with Crippen LogP contribution in [0.5, 0.6) is 5.75 Å². The maximum absolute atomic E-state index is 14.8. The number of benzene rings is 2. The molecule has 1 saturated carbocycles. The van der Waals surface area contributed by atoms with Gasteiger partial charge in [-0.05, 0) is 55.7 Å². The van der Waals surface area contributed by atoms with E-state index >= 15 is 0 Å². The van der Waals surface area contributed by atoms with Crippen LogP contribution < -0.4 is 4.74 Å². The fraction of sp³-hybridized carbons (Fsp3) is 0.400. The molecular weight excluding hydrogens is 444 g/mol. The van der Waals surface area contributed by atoms with E-state index in [4.69, 9.17) is 5.26 Å². The Kier molecular flexibility index (Phi) is 7.72. The summed E-state index contributed by atoms with van der Waals surface area (Å²) in [4.78, 5) is 0. The van der Waals surface area contributed by atoms with E-state index in [9.17, 15) is 26.3 Å². The molecule has 1 fully saturated rings. The Morgan fingerprint density at radius 3 is 2.15 bits per heavy atom. The van der Waals surface area contributed by atoms with Gasteiger partial charge in [-0.1, -0.05) is 18.2 Å². The van der Waals surface area contributed by atoms with Crippen LogP contribution in [0.4, 0.5) is 26.3 Å².